The van der Waals surface area contributed by atoms with Gasteiger partial charge in [0.25, 0.3) is 5.56 Å². The summed E-state index contributed by atoms with van der Waals surface area (Å²) in [7, 11) is 1.75. The molecule has 1 aromatic heterocycles. The van der Waals surface area contributed by atoms with Gasteiger partial charge in [-0.25, -0.2) is 0 Å². The fraction of sp³-hybridized carbons (Fsp3) is 0.474. The predicted molar refractivity (Wildman–Crippen MR) is 100 cm³/mol. The minimum absolute atomic E-state index is 0.0204. The van der Waals surface area contributed by atoms with Crippen molar-refractivity contribution in [1.29, 1.82) is 0 Å². The molecule has 26 heavy (non-hydrogen) atoms. The van der Waals surface area contributed by atoms with Gasteiger partial charge in [0.15, 0.2) is 5.82 Å². The molecule has 2 aromatic rings. The van der Waals surface area contributed by atoms with Crippen molar-refractivity contribution < 1.29 is 9.53 Å². The topological polar surface area (TPSA) is 88.2 Å². The fourth-order valence-electron chi connectivity index (χ4n) is 2.27. The van der Waals surface area contributed by atoms with Crippen LogP contribution < -0.4 is 10.3 Å². The van der Waals surface area contributed by atoms with Gasteiger partial charge < -0.3 is 14.6 Å². The first-order chi connectivity index (χ1) is 12.4. The third kappa shape index (κ3) is 5.15. The van der Waals surface area contributed by atoms with Gasteiger partial charge in [0, 0.05) is 31.5 Å². The standard InChI is InChI=1S/C19H26N4O3/c1-5-12-26-15-8-6-14(7-9-15)18-20-19(25)16(21-22-18)10-11-17(24)23(4)13(2)3/h6-9,13H,5,10-12H2,1-4H3,(H,20,22,25). The highest BCUT2D eigenvalue weighted by Crippen LogP contribution is 2.18. The van der Waals surface area contributed by atoms with Crippen LogP contribution in [0.1, 0.15) is 39.3 Å². The van der Waals surface area contributed by atoms with E-state index in [2.05, 4.69) is 15.2 Å². The van der Waals surface area contributed by atoms with Crippen molar-refractivity contribution in [2.75, 3.05) is 13.7 Å². The molecule has 0 spiro atoms. The molecule has 0 unspecified atom stereocenters. The van der Waals surface area contributed by atoms with Gasteiger partial charge in [-0.15, -0.1) is 10.2 Å². The molecule has 1 amide bonds. The van der Waals surface area contributed by atoms with Crippen molar-refractivity contribution in [1.82, 2.24) is 20.1 Å². The number of H-pyrrole nitrogens is 1. The molecule has 0 saturated carbocycles. The van der Waals surface area contributed by atoms with E-state index in [1.54, 1.807) is 11.9 Å². The van der Waals surface area contributed by atoms with E-state index < -0.39 is 0 Å². The smallest absolute Gasteiger partial charge is 0.273 e. The summed E-state index contributed by atoms with van der Waals surface area (Å²) < 4.78 is 5.54. The zero-order valence-corrected chi connectivity index (χ0v) is 15.8. The summed E-state index contributed by atoms with van der Waals surface area (Å²) in [5, 5.41) is 8.10. The van der Waals surface area contributed by atoms with Crippen molar-refractivity contribution in [3.8, 4) is 17.1 Å². The predicted octanol–water partition coefficient (Wildman–Crippen LogP) is 2.42. The molecule has 7 nitrogen and oxygen atoms in total. The van der Waals surface area contributed by atoms with Crippen LogP contribution in [0.5, 0.6) is 5.75 Å². The Morgan fingerprint density at radius 1 is 1.23 bits per heavy atom. The van der Waals surface area contributed by atoms with Gasteiger partial charge in [0.05, 0.1) is 6.61 Å². The number of aryl methyl sites for hydroxylation is 1. The number of nitrogens with one attached hydrogen (secondary N) is 1. The van der Waals surface area contributed by atoms with Crippen molar-refractivity contribution in [2.45, 2.75) is 46.1 Å². The quantitative estimate of drug-likeness (QED) is 0.783. The van der Waals surface area contributed by atoms with E-state index in [4.69, 9.17) is 4.74 Å². The largest absolute Gasteiger partial charge is 0.494 e. The van der Waals surface area contributed by atoms with Gasteiger partial charge >= 0.3 is 0 Å². The summed E-state index contributed by atoms with van der Waals surface area (Å²) >= 11 is 0. The number of aromatic nitrogens is 3. The number of ether oxygens (including phenoxy) is 1. The summed E-state index contributed by atoms with van der Waals surface area (Å²) in [6, 6.07) is 7.44. The van der Waals surface area contributed by atoms with Gasteiger partial charge in [-0.3, -0.25) is 9.59 Å². The van der Waals surface area contributed by atoms with Crippen molar-refractivity contribution in [3.05, 3.63) is 40.3 Å². The van der Waals surface area contributed by atoms with Crippen molar-refractivity contribution in [2.24, 2.45) is 0 Å². The average Bonchev–Trinajstić information content (AvgIpc) is 2.64. The zero-order chi connectivity index (χ0) is 19.1. The van der Waals surface area contributed by atoms with E-state index >= 15 is 0 Å². The molecule has 0 bridgehead atoms. The lowest BCUT2D eigenvalue weighted by Crippen LogP contribution is -2.33. The molecule has 7 heteroatoms. The first-order valence-corrected chi connectivity index (χ1v) is 8.87. The lowest BCUT2D eigenvalue weighted by atomic mass is 10.2. The van der Waals surface area contributed by atoms with E-state index in [-0.39, 0.29) is 36.0 Å². The van der Waals surface area contributed by atoms with Gasteiger partial charge in [-0.05, 0) is 44.5 Å². The minimum Gasteiger partial charge on any atom is -0.494 e. The number of amides is 1. The summed E-state index contributed by atoms with van der Waals surface area (Å²) in [5.74, 6) is 1.15. The molecule has 1 N–H and O–H groups in total. The third-order valence-electron chi connectivity index (χ3n) is 4.11. The molecule has 0 atom stereocenters. The first-order valence-electron chi connectivity index (χ1n) is 8.87. The van der Waals surface area contributed by atoms with Crippen LogP contribution in [0.3, 0.4) is 0 Å². The Morgan fingerprint density at radius 2 is 1.92 bits per heavy atom. The zero-order valence-electron chi connectivity index (χ0n) is 15.8. The second kappa shape index (κ2) is 9.12. The molecule has 2 rings (SSSR count). The maximum atomic E-state index is 12.2. The number of carbonyl (C=O) groups is 1. The van der Waals surface area contributed by atoms with E-state index in [1.165, 1.54) is 0 Å². The molecule has 0 saturated heterocycles. The normalized spacial score (nSPS) is 10.8. The molecule has 0 aliphatic carbocycles. The Hall–Kier alpha value is -2.70. The number of hydrogen-bond donors (Lipinski definition) is 1. The molecular formula is C19H26N4O3. The maximum Gasteiger partial charge on any atom is 0.273 e. The Morgan fingerprint density at radius 3 is 2.50 bits per heavy atom. The molecule has 0 aliphatic heterocycles. The number of rotatable bonds is 8. The number of nitrogens with zero attached hydrogens (tertiary/aromatic N) is 3. The highest BCUT2D eigenvalue weighted by atomic mass is 16.5. The molecule has 0 fully saturated rings. The molecule has 0 aliphatic rings. The monoisotopic (exact) mass is 358 g/mol. The number of carbonyl (C=O) groups excluding carboxylic acids is 1. The van der Waals surface area contributed by atoms with Crippen LogP contribution >= 0.6 is 0 Å². The fourth-order valence-corrected chi connectivity index (χ4v) is 2.27. The molecule has 0 radical (unpaired) electrons. The van der Waals surface area contributed by atoms with Gasteiger partial charge in [-0.2, -0.15) is 0 Å². The highest BCUT2D eigenvalue weighted by molar-refractivity contribution is 5.76. The summed E-state index contributed by atoms with van der Waals surface area (Å²) in [6.45, 7) is 6.59. The van der Waals surface area contributed by atoms with Gasteiger partial charge in [-0.1, -0.05) is 6.92 Å². The van der Waals surface area contributed by atoms with E-state index in [0.717, 1.165) is 17.7 Å². The van der Waals surface area contributed by atoms with Crippen LogP contribution in [0.4, 0.5) is 0 Å². The van der Waals surface area contributed by atoms with Gasteiger partial charge in [0.1, 0.15) is 11.4 Å². The van der Waals surface area contributed by atoms with Crippen LogP contribution in [-0.2, 0) is 11.2 Å². The van der Waals surface area contributed by atoms with Crippen molar-refractivity contribution in [3.63, 3.8) is 0 Å². The maximum absolute atomic E-state index is 12.2. The SMILES string of the molecule is CCCOc1ccc(-c2nnc(CCC(=O)N(C)C(C)C)c(=O)[nH]2)cc1. The molecular weight excluding hydrogens is 332 g/mol. The average molecular weight is 358 g/mol. The lowest BCUT2D eigenvalue weighted by Gasteiger charge is -2.21. The van der Waals surface area contributed by atoms with E-state index in [1.807, 2.05) is 45.0 Å². The summed E-state index contributed by atoms with van der Waals surface area (Å²) in [5.41, 5.74) is 0.698. The minimum atomic E-state index is -0.318. The first kappa shape index (κ1) is 19.6. The van der Waals surface area contributed by atoms with E-state index in [9.17, 15) is 9.59 Å². The number of aromatic amines is 1. The number of hydrogen-bond acceptors (Lipinski definition) is 5. The van der Waals surface area contributed by atoms with Crippen LogP contribution in [0.25, 0.3) is 11.4 Å². The number of benzene rings is 1. The Kier molecular flexibility index (Phi) is 6.89. The summed E-state index contributed by atoms with van der Waals surface area (Å²) in [6.07, 6.45) is 1.44. The summed E-state index contributed by atoms with van der Waals surface area (Å²) in [4.78, 5) is 28.6. The Balaban J connectivity index is 2.05. The van der Waals surface area contributed by atoms with Crippen molar-refractivity contribution >= 4 is 5.91 Å². The van der Waals surface area contributed by atoms with Crippen LogP contribution in [0.15, 0.2) is 29.1 Å². The highest BCUT2D eigenvalue weighted by Gasteiger charge is 2.14. The Bertz CT molecular complexity index is 784. The second-order valence-corrected chi connectivity index (χ2v) is 6.42. The van der Waals surface area contributed by atoms with Crippen LogP contribution in [0, 0.1) is 0 Å². The van der Waals surface area contributed by atoms with E-state index in [0.29, 0.717) is 12.4 Å². The molecule has 1 aromatic carbocycles. The lowest BCUT2D eigenvalue weighted by molar-refractivity contribution is -0.131. The molecule has 1 heterocycles. The van der Waals surface area contributed by atoms with Crippen LogP contribution in [0.2, 0.25) is 0 Å². The molecule has 140 valence electrons. The van der Waals surface area contributed by atoms with Crippen LogP contribution in [-0.4, -0.2) is 45.7 Å². The Labute approximate surface area is 153 Å². The third-order valence-corrected chi connectivity index (χ3v) is 4.11. The second-order valence-electron chi connectivity index (χ2n) is 6.42. The van der Waals surface area contributed by atoms with Gasteiger partial charge in [0.2, 0.25) is 5.91 Å².